The van der Waals surface area contributed by atoms with Gasteiger partial charge in [-0.1, -0.05) is 28.1 Å². The summed E-state index contributed by atoms with van der Waals surface area (Å²) >= 11 is 3.49. The molecule has 1 aromatic carbocycles. The fourth-order valence-corrected chi connectivity index (χ4v) is 2.63. The third kappa shape index (κ3) is 5.43. The lowest BCUT2D eigenvalue weighted by atomic mass is 10.0. The number of hydrogen-bond acceptors (Lipinski definition) is 2. The number of hydrogen-bond donors (Lipinski definition) is 2. The van der Waals surface area contributed by atoms with Crippen LogP contribution in [0.1, 0.15) is 30.4 Å². The molecule has 3 nitrogen and oxygen atoms in total. The molecule has 1 fully saturated rings. The van der Waals surface area contributed by atoms with Gasteiger partial charge in [0.1, 0.15) is 0 Å². The molecule has 1 aliphatic heterocycles. The molecule has 0 atom stereocenters. The first-order valence-electron chi connectivity index (χ1n) is 6.90. The summed E-state index contributed by atoms with van der Waals surface area (Å²) in [5.41, 5.74) is 2.44. The monoisotopic (exact) mass is 360 g/mol. The maximum Gasteiger partial charge on any atom is 0.220 e. The van der Waals surface area contributed by atoms with Crippen LogP contribution in [0.4, 0.5) is 0 Å². The first kappa shape index (κ1) is 17.5. The summed E-state index contributed by atoms with van der Waals surface area (Å²) in [6, 6.07) is 6.63. The SMILES string of the molecule is Cc1cc(CCC(=O)NC2CCNCC2)ccc1Br.Cl. The van der Waals surface area contributed by atoms with Crippen molar-refractivity contribution >= 4 is 34.2 Å². The van der Waals surface area contributed by atoms with Gasteiger partial charge in [0.25, 0.3) is 0 Å². The maximum atomic E-state index is 11.9. The van der Waals surface area contributed by atoms with E-state index < -0.39 is 0 Å². The molecular weight excluding hydrogens is 340 g/mol. The van der Waals surface area contributed by atoms with Crippen LogP contribution >= 0.6 is 28.3 Å². The van der Waals surface area contributed by atoms with Crippen molar-refractivity contribution in [2.75, 3.05) is 13.1 Å². The lowest BCUT2D eigenvalue weighted by Gasteiger charge is -2.23. The zero-order valence-corrected chi connectivity index (χ0v) is 14.1. The van der Waals surface area contributed by atoms with Gasteiger partial charge in [-0.15, -0.1) is 12.4 Å². The van der Waals surface area contributed by atoms with Crippen LogP contribution in [-0.2, 0) is 11.2 Å². The van der Waals surface area contributed by atoms with E-state index in [1.54, 1.807) is 0 Å². The largest absolute Gasteiger partial charge is 0.353 e. The van der Waals surface area contributed by atoms with Gasteiger partial charge in [0.15, 0.2) is 0 Å². The molecule has 0 unspecified atom stereocenters. The molecule has 0 radical (unpaired) electrons. The van der Waals surface area contributed by atoms with Crippen LogP contribution in [0, 0.1) is 6.92 Å². The summed E-state index contributed by atoms with van der Waals surface area (Å²) < 4.78 is 1.12. The number of piperidine rings is 1. The van der Waals surface area contributed by atoms with Gasteiger partial charge in [0, 0.05) is 16.9 Å². The first-order valence-corrected chi connectivity index (χ1v) is 7.69. The van der Waals surface area contributed by atoms with Crippen LogP contribution in [0.2, 0.25) is 0 Å². The van der Waals surface area contributed by atoms with Gasteiger partial charge in [-0.3, -0.25) is 4.79 Å². The Bertz CT molecular complexity index is 447. The van der Waals surface area contributed by atoms with Crippen LogP contribution in [0.15, 0.2) is 22.7 Å². The van der Waals surface area contributed by atoms with E-state index in [9.17, 15) is 4.79 Å². The molecule has 2 rings (SSSR count). The van der Waals surface area contributed by atoms with Crippen molar-refractivity contribution in [2.24, 2.45) is 0 Å². The molecule has 5 heteroatoms. The number of nitrogens with one attached hydrogen (secondary N) is 2. The molecule has 1 aromatic rings. The number of aryl methyl sites for hydroxylation is 2. The lowest BCUT2D eigenvalue weighted by molar-refractivity contribution is -0.121. The minimum absolute atomic E-state index is 0. The van der Waals surface area contributed by atoms with E-state index in [4.69, 9.17) is 0 Å². The van der Waals surface area contributed by atoms with Crippen LogP contribution in [-0.4, -0.2) is 25.0 Å². The Labute approximate surface area is 135 Å². The summed E-state index contributed by atoms with van der Waals surface area (Å²) in [6.07, 6.45) is 3.47. The van der Waals surface area contributed by atoms with Gasteiger partial charge in [-0.25, -0.2) is 0 Å². The van der Waals surface area contributed by atoms with Gasteiger partial charge in [0.05, 0.1) is 0 Å². The highest BCUT2D eigenvalue weighted by Gasteiger charge is 2.14. The summed E-state index contributed by atoms with van der Waals surface area (Å²) in [7, 11) is 0. The van der Waals surface area contributed by atoms with Gasteiger partial charge in [-0.05, 0) is 56.5 Å². The molecule has 20 heavy (non-hydrogen) atoms. The van der Waals surface area contributed by atoms with E-state index in [1.165, 1.54) is 11.1 Å². The fraction of sp³-hybridized carbons (Fsp3) is 0.533. The minimum Gasteiger partial charge on any atom is -0.353 e. The second-order valence-corrected chi connectivity index (χ2v) is 6.03. The Morgan fingerprint density at radius 3 is 2.75 bits per heavy atom. The standard InChI is InChI=1S/C15H21BrN2O.ClH/c1-11-10-12(2-4-14(11)16)3-5-15(19)18-13-6-8-17-9-7-13;/h2,4,10,13,17H,3,5-9H2,1H3,(H,18,19);1H. The highest BCUT2D eigenvalue weighted by atomic mass is 79.9. The molecule has 0 spiro atoms. The van der Waals surface area contributed by atoms with Crippen molar-refractivity contribution in [1.82, 2.24) is 10.6 Å². The Morgan fingerprint density at radius 1 is 1.40 bits per heavy atom. The van der Waals surface area contributed by atoms with Crippen molar-refractivity contribution in [3.63, 3.8) is 0 Å². The molecule has 112 valence electrons. The Balaban J connectivity index is 0.00000200. The normalized spacial score (nSPS) is 15.5. The van der Waals surface area contributed by atoms with Crippen molar-refractivity contribution in [3.8, 4) is 0 Å². The average molecular weight is 362 g/mol. The van der Waals surface area contributed by atoms with Crippen molar-refractivity contribution in [3.05, 3.63) is 33.8 Å². The minimum atomic E-state index is 0. The number of carbonyl (C=O) groups is 1. The molecule has 0 aromatic heterocycles. The molecule has 1 aliphatic rings. The Morgan fingerprint density at radius 2 is 2.10 bits per heavy atom. The number of rotatable bonds is 4. The summed E-state index contributed by atoms with van der Waals surface area (Å²) in [4.78, 5) is 11.9. The molecule has 1 heterocycles. The van der Waals surface area contributed by atoms with Crippen molar-refractivity contribution < 1.29 is 4.79 Å². The van der Waals surface area contributed by atoms with Gasteiger partial charge in [-0.2, -0.15) is 0 Å². The summed E-state index contributed by atoms with van der Waals surface area (Å²) in [5, 5.41) is 6.43. The fourth-order valence-electron chi connectivity index (χ4n) is 2.39. The number of benzene rings is 1. The molecule has 0 saturated carbocycles. The molecule has 0 bridgehead atoms. The van der Waals surface area contributed by atoms with Crippen LogP contribution in [0.5, 0.6) is 0 Å². The summed E-state index contributed by atoms with van der Waals surface area (Å²) in [5.74, 6) is 0.174. The third-order valence-electron chi connectivity index (χ3n) is 3.57. The second-order valence-electron chi connectivity index (χ2n) is 5.18. The van der Waals surface area contributed by atoms with Crippen LogP contribution < -0.4 is 10.6 Å². The number of amides is 1. The molecule has 1 amide bonds. The zero-order valence-electron chi connectivity index (χ0n) is 11.7. The van der Waals surface area contributed by atoms with Gasteiger partial charge >= 0.3 is 0 Å². The third-order valence-corrected chi connectivity index (χ3v) is 4.46. The first-order chi connectivity index (χ1) is 9.15. The smallest absolute Gasteiger partial charge is 0.220 e. The predicted molar refractivity (Wildman–Crippen MR) is 88.5 cm³/mol. The Kier molecular flexibility index (Phi) is 7.56. The molecule has 1 saturated heterocycles. The molecular formula is C15H22BrClN2O. The van der Waals surface area contributed by atoms with E-state index >= 15 is 0 Å². The molecule has 2 N–H and O–H groups in total. The number of halogens is 2. The highest BCUT2D eigenvalue weighted by molar-refractivity contribution is 9.10. The number of carbonyl (C=O) groups excluding carboxylic acids is 1. The topological polar surface area (TPSA) is 41.1 Å². The second kappa shape index (κ2) is 8.65. The van der Waals surface area contributed by atoms with E-state index in [2.05, 4.69) is 51.7 Å². The summed E-state index contributed by atoms with van der Waals surface area (Å²) in [6.45, 7) is 4.09. The quantitative estimate of drug-likeness (QED) is 0.865. The van der Waals surface area contributed by atoms with Gasteiger partial charge < -0.3 is 10.6 Å². The predicted octanol–water partition coefficient (Wildman–Crippen LogP) is 2.98. The van der Waals surface area contributed by atoms with E-state index in [0.717, 1.165) is 36.8 Å². The van der Waals surface area contributed by atoms with Gasteiger partial charge in [0.2, 0.25) is 5.91 Å². The van der Waals surface area contributed by atoms with Crippen LogP contribution in [0.3, 0.4) is 0 Å². The lowest BCUT2D eigenvalue weighted by Crippen LogP contribution is -2.42. The highest BCUT2D eigenvalue weighted by Crippen LogP contribution is 2.18. The van der Waals surface area contributed by atoms with E-state index in [0.29, 0.717) is 12.5 Å². The Hall–Kier alpha value is -0.580. The van der Waals surface area contributed by atoms with Crippen molar-refractivity contribution in [1.29, 1.82) is 0 Å². The van der Waals surface area contributed by atoms with Crippen molar-refractivity contribution in [2.45, 2.75) is 38.6 Å². The maximum absolute atomic E-state index is 11.9. The van der Waals surface area contributed by atoms with E-state index in [-0.39, 0.29) is 18.3 Å². The van der Waals surface area contributed by atoms with E-state index in [1.807, 2.05) is 0 Å². The molecule has 0 aliphatic carbocycles. The van der Waals surface area contributed by atoms with Crippen LogP contribution in [0.25, 0.3) is 0 Å². The zero-order chi connectivity index (χ0) is 13.7. The average Bonchev–Trinajstić information content (AvgIpc) is 2.41.